The van der Waals surface area contributed by atoms with Gasteiger partial charge in [0.2, 0.25) is 5.91 Å². The summed E-state index contributed by atoms with van der Waals surface area (Å²) >= 11 is 17.3. The molecular weight excluding hydrogens is 369 g/mol. The van der Waals surface area contributed by atoms with Crippen LogP contribution in [-0.4, -0.2) is 42.0 Å². The number of nitrogens with zero attached hydrogens (tertiary/aromatic N) is 1. The van der Waals surface area contributed by atoms with Crippen LogP contribution >= 0.6 is 34.8 Å². The first-order valence-electron chi connectivity index (χ1n) is 6.51. The Morgan fingerprint density at radius 1 is 1.26 bits per heavy atom. The highest BCUT2D eigenvalue weighted by molar-refractivity contribution is 6.48. The summed E-state index contributed by atoms with van der Waals surface area (Å²) in [6, 6.07) is -0.757. The molecule has 0 aliphatic rings. The largest absolute Gasteiger partial charge is 0.451 e. The van der Waals surface area contributed by atoms with Crippen LogP contribution in [0.15, 0.2) is 6.20 Å². The molecule has 0 aliphatic carbocycles. The Balaban J connectivity index is 2.58. The van der Waals surface area contributed by atoms with Crippen molar-refractivity contribution in [2.75, 3.05) is 13.2 Å². The van der Waals surface area contributed by atoms with E-state index < -0.39 is 24.5 Å². The number of aromatic nitrogens is 1. The number of amides is 2. The van der Waals surface area contributed by atoms with E-state index in [9.17, 15) is 14.4 Å². The van der Waals surface area contributed by atoms with Crippen LogP contribution in [0, 0.1) is 0 Å². The number of hydrogen-bond donors (Lipinski definition) is 2. The van der Waals surface area contributed by atoms with E-state index in [1.807, 2.05) is 0 Å². The van der Waals surface area contributed by atoms with Crippen molar-refractivity contribution in [2.24, 2.45) is 0 Å². The van der Waals surface area contributed by atoms with Gasteiger partial charge in [0.05, 0.1) is 15.1 Å². The lowest BCUT2D eigenvalue weighted by molar-refractivity contribution is -0.130. The Kier molecular flexibility index (Phi) is 7.54. The predicted molar refractivity (Wildman–Crippen MR) is 85.8 cm³/mol. The zero-order valence-corrected chi connectivity index (χ0v) is 14.6. The molecule has 1 aromatic heterocycles. The molecule has 0 fully saturated rings. The zero-order valence-electron chi connectivity index (χ0n) is 12.3. The maximum absolute atomic E-state index is 11.8. The topological polar surface area (TPSA) is 97.4 Å². The number of ether oxygens (including phenoxy) is 1. The summed E-state index contributed by atoms with van der Waals surface area (Å²) in [6.45, 7) is 3.10. The van der Waals surface area contributed by atoms with Gasteiger partial charge < -0.3 is 15.4 Å². The van der Waals surface area contributed by atoms with Gasteiger partial charge in [0.1, 0.15) is 6.04 Å². The second kappa shape index (κ2) is 8.90. The van der Waals surface area contributed by atoms with Crippen molar-refractivity contribution in [1.82, 2.24) is 15.6 Å². The summed E-state index contributed by atoms with van der Waals surface area (Å²) in [5.74, 6) is -1.93. The molecule has 0 spiro atoms. The molecular formula is C13H14Cl3N3O4. The highest BCUT2D eigenvalue weighted by atomic mass is 35.5. The van der Waals surface area contributed by atoms with Crippen molar-refractivity contribution in [2.45, 2.75) is 19.9 Å². The second-order valence-electron chi connectivity index (χ2n) is 4.34. The number of halogens is 3. The number of likely N-dealkylation sites (N-methyl/N-ethyl adjacent to an activating group) is 1. The van der Waals surface area contributed by atoms with Gasteiger partial charge in [0.15, 0.2) is 12.3 Å². The first-order chi connectivity index (χ1) is 10.8. The molecule has 0 saturated carbocycles. The van der Waals surface area contributed by atoms with E-state index in [-0.39, 0.29) is 26.7 Å². The summed E-state index contributed by atoms with van der Waals surface area (Å²) in [7, 11) is 0. The lowest BCUT2D eigenvalue weighted by Crippen LogP contribution is -2.46. The molecule has 10 heteroatoms. The van der Waals surface area contributed by atoms with Gasteiger partial charge in [-0.25, -0.2) is 9.78 Å². The molecule has 1 aromatic rings. The molecule has 0 saturated heterocycles. The molecule has 0 aliphatic heterocycles. The van der Waals surface area contributed by atoms with Crippen LogP contribution in [0.2, 0.25) is 15.1 Å². The van der Waals surface area contributed by atoms with Crippen LogP contribution in [0.5, 0.6) is 0 Å². The third kappa shape index (κ3) is 5.53. The van der Waals surface area contributed by atoms with Crippen molar-refractivity contribution in [3.63, 3.8) is 0 Å². The number of hydrogen-bond acceptors (Lipinski definition) is 5. The van der Waals surface area contributed by atoms with Crippen LogP contribution in [0.1, 0.15) is 24.3 Å². The fourth-order valence-electron chi connectivity index (χ4n) is 1.46. The van der Waals surface area contributed by atoms with Gasteiger partial charge in [-0.1, -0.05) is 34.8 Å². The maximum atomic E-state index is 11.8. The molecule has 1 rings (SSSR count). The van der Waals surface area contributed by atoms with E-state index in [2.05, 4.69) is 15.6 Å². The third-order valence-corrected chi connectivity index (χ3v) is 3.81. The van der Waals surface area contributed by atoms with Crippen molar-refractivity contribution in [1.29, 1.82) is 0 Å². The highest BCUT2D eigenvalue weighted by Gasteiger charge is 2.20. The van der Waals surface area contributed by atoms with E-state index in [4.69, 9.17) is 39.5 Å². The highest BCUT2D eigenvalue weighted by Crippen LogP contribution is 2.31. The maximum Gasteiger partial charge on any atom is 0.359 e. The molecule has 23 heavy (non-hydrogen) atoms. The minimum atomic E-state index is -0.936. The number of nitrogens with one attached hydrogen (secondary N) is 2. The van der Waals surface area contributed by atoms with Crippen LogP contribution in [0.25, 0.3) is 0 Å². The standard InChI is InChI=1S/C13H14Cl3N3O4/c1-3-17-12(21)6(2)19-8(20)5-23-13(22)11-10(16)9(15)7(14)4-18-11/h4,6H,3,5H2,1-2H3,(H,17,21)(H,19,20)/t6-/m0/s1. The SMILES string of the molecule is CCNC(=O)[C@H](C)NC(=O)COC(=O)c1ncc(Cl)c(Cl)c1Cl. The monoisotopic (exact) mass is 381 g/mol. The van der Waals surface area contributed by atoms with E-state index in [1.54, 1.807) is 6.92 Å². The minimum Gasteiger partial charge on any atom is -0.451 e. The number of esters is 1. The lowest BCUT2D eigenvalue weighted by atomic mass is 10.3. The van der Waals surface area contributed by atoms with Crippen molar-refractivity contribution in [3.8, 4) is 0 Å². The Hall–Kier alpha value is -1.57. The Labute approximate surface area is 147 Å². The smallest absolute Gasteiger partial charge is 0.359 e. The Morgan fingerprint density at radius 2 is 1.91 bits per heavy atom. The van der Waals surface area contributed by atoms with Crippen molar-refractivity contribution < 1.29 is 19.1 Å². The molecule has 0 bridgehead atoms. The molecule has 1 heterocycles. The van der Waals surface area contributed by atoms with E-state index in [1.165, 1.54) is 6.92 Å². The van der Waals surface area contributed by atoms with Gasteiger partial charge in [0.25, 0.3) is 5.91 Å². The number of rotatable bonds is 6. The van der Waals surface area contributed by atoms with E-state index in [0.29, 0.717) is 6.54 Å². The van der Waals surface area contributed by atoms with Crippen LogP contribution in [0.3, 0.4) is 0 Å². The van der Waals surface area contributed by atoms with Crippen LogP contribution in [0.4, 0.5) is 0 Å². The minimum absolute atomic E-state index is 0.0374. The van der Waals surface area contributed by atoms with E-state index in [0.717, 1.165) is 6.20 Å². The molecule has 0 radical (unpaired) electrons. The van der Waals surface area contributed by atoms with Crippen molar-refractivity contribution >= 4 is 52.6 Å². The summed E-state index contributed by atoms with van der Waals surface area (Å²) < 4.78 is 4.77. The van der Waals surface area contributed by atoms with E-state index >= 15 is 0 Å². The molecule has 0 unspecified atom stereocenters. The van der Waals surface area contributed by atoms with Crippen LogP contribution < -0.4 is 10.6 Å². The van der Waals surface area contributed by atoms with Gasteiger partial charge in [0, 0.05) is 12.7 Å². The summed E-state index contributed by atoms with van der Waals surface area (Å²) in [4.78, 5) is 38.6. The lowest BCUT2D eigenvalue weighted by Gasteiger charge is -2.13. The average Bonchev–Trinajstić information content (AvgIpc) is 2.50. The first kappa shape index (κ1) is 19.5. The van der Waals surface area contributed by atoms with Gasteiger partial charge in [-0.3, -0.25) is 9.59 Å². The summed E-state index contributed by atoms with van der Waals surface area (Å²) in [5, 5.41) is 4.80. The summed E-state index contributed by atoms with van der Waals surface area (Å²) in [5.41, 5.74) is -0.259. The number of carbonyl (C=O) groups excluding carboxylic acids is 3. The van der Waals surface area contributed by atoms with Gasteiger partial charge in [-0.05, 0) is 13.8 Å². The average molecular weight is 383 g/mol. The molecule has 0 aromatic carbocycles. The third-order valence-electron chi connectivity index (χ3n) is 2.57. The van der Waals surface area contributed by atoms with Gasteiger partial charge in [-0.15, -0.1) is 0 Å². The van der Waals surface area contributed by atoms with Crippen molar-refractivity contribution in [3.05, 3.63) is 27.0 Å². The van der Waals surface area contributed by atoms with Crippen LogP contribution in [-0.2, 0) is 14.3 Å². The molecule has 7 nitrogen and oxygen atoms in total. The quantitative estimate of drug-likeness (QED) is 0.732. The Morgan fingerprint density at radius 3 is 2.52 bits per heavy atom. The molecule has 2 N–H and O–H groups in total. The molecule has 2 amide bonds. The fraction of sp³-hybridized carbons (Fsp3) is 0.385. The zero-order chi connectivity index (χ0) is 17.6. The number of pyridine rings is 1. The Bertz CT molecular complexity index is 625. The predicted octanol–water partition coefficient (Wildman–Crippen LogP) is 1.84. The van der Waals surface area contributed by atoms with Gasteiger partial charge >= 0.3 is 5.97 Å². The molecule has 126 valence electrons. The second-order valence-corrected chi connectivity index (χ2v) is 5.51. The molecule has 1 atom stereocenters. The number of carbonyl (C=O) groups is 3. The first-order valence-corrected chi connectivity index (χ1v) is 7.65. The van der Waals surface area contributed by atoms with Gasteiger partial charge in [-0.2, -0.15) is 0 Å². The summed E-state index contributed by atoms with van der Waals surface area (Å²) in [6.07, 6.45) is 1.14. The fourth-order valence-corrected chi connectivity index (χ4v) is 2.02. The normalized spacial score (nSPS) is 11.5.